The first-order valence-electron chi connectivity index (χ1n) is 5.85. The van der Waals surface area contributed by atoms with E-state index in [1.54, 1.807) is 0 Å². The number of aromatic amines is 1. The molecule has 0 atom stereocenters. The highest BCUT2D eigenvalue weighted by atomic mass is 35.5. The van der Waals surface area contributed by atoms with Crippen molar-refractivity contribution in [1.82, 2.24) is 19.7 Å². The lowest BCUT2D eigenvalue weighted by Gasteiger charge is -2.10. The minimum Gasteiger partial charge on any atom is -0.296 e. The lowest BCUT2D eigenvalue weighted by atomic mass is 10.2. The highest BCUT2D eigenvalue weighted by molar-refractivity contribution is 6.35. The monoisotopic (exact) mass is 336 g/mol. The molecule has 0 radical (unpaired) electrons. The Bertz CT molecular complexity index is 836. The Balaban J connectivity index is 2.24. The second-order valence-corrected chi connectivity index (χ2v) is 4.83. The maximum absolute atomic E-state index is 13.0. The van der Waals surface area contributed by atoms with Crippen LogP contribution in [0.3, 0.4) is 0 Å². The van der Waals surface area contributed by atoms with Gasteiger partial charge in [-0.05, 0) is 12.1 Å². The Morgan fingerprint density at radius 2 is 1.95 bits per heavy atom. The van der Waals surface area contributed by atoms with Crippen molar-refractivity contribution < 1.29 is 22.0 Å². The number of hydrogen-bond acceptors (Lipinski definition) is 2. The summed E-state index contributed by atoms with van der Waals surface area (Å²) in [5.41, 5.74) is -0.561. The van der Waals surface area contributed by atoms with E-state index in [1.165, 1.54) is 18.3 Å². The third-order valence-corrected chi connectivity index (χ3v) is 3.26. The zero-order valence-corrected chi connectivity index (χ0v) is 11.3. The average molecular weight is 337 g/mol. The molecule has 0 spiro atoms. The van der Waals surface area contributed by atoms with Crippen LogP contribution in [0.5, 0.6) is 0 Å². The summed E-state index contributed by atoms with van der Waals surface area (Å²) >= 11 is 5.96. The van der Waals surface area contributed by atoms with E-state index in [4.69, 9.17) is 11.6 Å². The Morgan fingerprint density at radius 1 is 1.23 bits per heavy atom. The van der Waals surface area contributed by atoms with Gasteiger partial charge in [-0.1, -0.05) is 11.6 Å². The van der Waals surface area contributed by atoms with Crippen LogP contribution in [0.25, 0.3) is 16.6 Å². The van der Waals surface area contributed by atoms with Gasteiger partial charge in [-0.25, -0.2) is 13.8 Å². The SMILES string of the molecule is FC(F)c1cn(-c2cc(Cl)c3[nH]ncc3c2)c(C(F)(F)F)n1. The molecule has 3 aromatic rings. The fourth-order valence-corrected chi connectivity index (χ4v) is 2.30. The number of benzene rings is 1. The van der Waals surface area contributed by atoms with Gasteiger partial charge >= 0.3 is 6.18 Å². The van der Waals surface area contributed by atoms with Crippen molar-refractivity contribution >= 4 is 22.5 Å². The van der Waals surface area contributed by atoms with Crippen LogP contribution < -0.4 is 0 Å². The molecular weight excluding hydrogens is 331 g/mol. The summed E-state index contributed by atoms with van der Waals surface area (Å²) in [6, 6.07) is 2.56. The van der Waals surface area contributed by atoms with Gasteiger partial charge in [-0.2, -0.15) is 18.3 Å². The average Bonchev–Trinajstić information content (AvgIpc) is 3.04. The Kier molecular flexibility index (Phi) is 3.32. The van der Waals surface area contributed by atoms with E-state index in [-0.39, 0.29) is 10.7 Å². The van der Waals surface area contributed by atoms with E-state index >= 15 is 0 Å². The van der Waals surface area contributed by atoms with E-state index in [0.29, 0.717) is 21.7 Å². The predicted molar refractivity (Wildman–Crippen MR) is 68.2 cm³/mol. The molecule has 0 fully saturated rings. The molecule has 2 aromatic heterocycles. The number of alkyl halides is 5. The quantitative estimate of drug-likeness (QED) is 0.707. The van der Waals surface area contributed by atoms with Crippen molar-refractivity contribution in [3.63, 3.8) is 0 Å². The molecule has 10 heteroatoms. The van der Waals surface area contributed by atoms with Crippen LogP contribution in [-0.4, -0.2) is 19.7 Å². The minimum absolute atomic E-state index is 0.0365. The highest BCUT2D eigenvalue weighted by Crippen LogP contribution is 2.34. The molecule has 22 heavy (non-hydrogen) atoms. The van der Waals surface area contributed by atoms with Gasteiger partial charge in [-0.3, -0.25) is 9.67 Å². The molecular formula is C12H6ClF5N4. The molecule has 0 saturated heterocycles. The van der Waals surface area contributed by atoms with Crippen LogP contribution in [0.15, 0.2) is 24.5 Å². The number of fused-ring (bicyclic) bond motifs is 1. The summed E-state index contributed by atoms with van der Waals surface area (Å²) in [4.78, 5) is 2.98. The van der Waals surface area contributed by atoms with Gasteiger partial charge in [0.2, 0.25) is 5.82 Å². The highest BCUT2D eigenvalue weighted by Gasteiger charge is 2.38. The predicted octanol–water partition coefficient (Wildman–Crippen LogP) is 4.36. The number of rotatable bonds is 2. The molecule has 0 aliphatic rings. The molecule has 1 aromatic carbocycles. The first-order chi connectivity index (χ1) is 10.3. The molecule has 0 unspecified atom stereocenters. The molecule has 1 N–H and O–H groups in total. The third-order valence-electron chi connectivity index (χ3n) is 2.97. The molecule has 4 nitrogen and oxygen atoms in total. The number of hydrogen-bond donors (Lipinski definition) is 1. The van der Waals surface area contributed by atoms with Gasteiger partial charge in [0.25, 0.3) is 6.43 Å². The van der Waals surface area contributed by atoms with Gasteiger partial charge in [0, 0.05) is 17.3 Å². The van der Waals surface area contributed by atoms with Crippen molar-refractivity contribution in [3.05, 3.63) is 41.1 Å². The number of nitrogens with zero attached hydrogens (tertiary/aromatic N) is 3. The van der Waals surface area contributed by atoms with Crippen molar-refractivity contribution in [2.75, 3.05) is 0 Å². The van der Waals surface area contributed by atoms with Gasteiger partial charge in [0.15, 0.2) is 0 Å². The fourth-order valence-electron chi connectivity index (χ4n) is 2.04. The molecule has 0 bridgehead atoms. The lowest BCUT2D eigenvalue weighted by molar-refractivity contribution is -0.146. The number of halogens is 6. The number of imidazole rings is 1. The normalized spacial score (nSPS) is 12.5. The second kappa shape index (κ2) is 4.94. The van der Waals surface area contributed by atoms with E-state index in [1.807, 2.05) is 0 Å². The fraction of sp³-hybridized carbons (Fsp3) is 0.167. The van der Waals surface area contributed by atoms with Gasteiger partial charge in [0.05, 0.1) is 16.7 Å². The van der Waals surface area contributed by atoms with Gasteiger partial charge in [-0.15, -0.1) is 0 Å². The molecule has 3 rings (SSSR count). The zero-order valence-electron chi connectivity index (χ0n) is 10.5. The van der Waals surface area contributed by atoms with Crippen molar-refractivity contribution in [3.8, 4) is 5.69 Å². The molecule has 0 saturated carbocycles. The van der Waals surface area contributed by atoms with Gasteiger partial charge < -0.3 is 0 Å². The van der Waals surface area contributed by atoms with E-state index in [9.17, 15) is 22.0 Å². The van der Waals surface area contributed by atoms with Crippen LogP contribution in [0.4, 0.5) is 22.0 Å². The molecule has 0 amide bonds. The van der Waals surface area contributed by atoms with Crippen LogP contribution in [0, 0.1) is 0 Å². The summed E-state index contributed by atoms with van der Waals surface area (Å²) in [6.07, 6.45) is -5.99. The topological polar surface area (TPSA) is 46.5 Å². The number of aromatic nitrogens is 4. The number of H-pyrrole nitrogens is 1. The van der Waals surface area contributed by atoms with Crippen molar-refractivity contribution in [1.29, 1.82) is 0 Å². The summed E-state index contributed by atoms with van der Waals surface area (Å²) < 4.78 is 64.8. The Labute approximate surface area is 124 Å². The van der Waals surface area contributed by atoms with Crippen molar-refractivity contribution in [2.45, 2.75) is 12.6 Å². The number of nitrogens with one attached hydrogen (secondary N) is 1. The first-order valence-corrected chi connectivity index (χ1v) is 6.23. The third kappa shape index (κ3) is 2.41. The molecule has 0 aliphatic carbocycles. The smallest absolute Gasteiger partial charge is 0.296 e. The van der Waals surface area contributed by atoms with Gasteiger partial charge in [0.1, 0.15) is 5.69 Å². The summed E-state index contributed by atoms with van der Waals surface area (Å²) in [5.74, 6) is -1.44. The first kappa shape index (κ1) is 14.8. The second-order valence-electron chi connectivity index (χ2n) is 4.42. The van der Waals surface area contributed by atoms with Crippen LogP contribution >= 0.6 is 11.6 Å². The van der Waals surface area contributed by atoms with E-state index in [0.717, 1.165) is 0 Å². The largest absolute Gasteiger partial charge is 0.450 e. The molecule has 0 aliphatic heterocycles. The molecule has 116 valence electrons. The maximum atomic E-state index is 13.0. The minimum atomic E-state index is -4.88. The Hall–Kier alpha value is -2.16. The maximum Gasteiger partial charge on any atom is 0.450 e. The molecule has 2 heterocycles. The summed E-state index contributed by atoms with van der Waals surface area (Å²) in [5, 5.41) is 6.87. The van der Waals surface area contributed by atoms with E-state index in [2.05, 4.69) is 15.2 Å². The van der Waals surface area contributed by atoms with Crippen LogP contribution in [0.2, 0.25) is 5.02 Å². The summed E-state index contributed by atoms with van der Waals surface area (Å²) in [7, 11) is 0. The van der Waals surface area contributed by atoms with Crippen LogP contribution in [0.1, 0.15) is 17.9 Å². The zero-order chi connectivity index (χ0) is 16.1. The summed E-state index contributed by atoms with van der Waals surface area (Å²) in [6.45, 7) is 0. The standard InChI is InChI=1S/C12H6ClF5N4/c13-7-2-6(1-5-3-19-21-9(5)7)22-4-8(10(14)15)20-11(22)12(16,17)18/h1-4,10H,(H,19,21). The van der Waals surface area contributed by atoms with Crippen LogP contribution in [-0.2, 0) is 6.18 Å². The van der Waals surface area contributed by atoms with Crippen molar-refractivity contribution in [2.24, 2.45) is 0 Å². The lowest BCUT2D eigenvalue weighted by Crippen LogP contribution is -2.13. The Morgan fingerprint density at radius 3 is 2.59 bits per heavy atom. The van der Waals surface area contributed by atoms with E-state index < -0.39 is 24.1 Å².